The van der Waals surface area contributed by atoms with Gasteiger partial charge >= 0.3 is 5.97 Å². The average molecular weight is 369 g/mol. The van der Waals surface area contributed by atoms with Gasteiger partial charge in [0.05, 0.1) is 25.3 Å². The van der Waals surface area contributed by atoms with Gasteiger partial charge < -0.3 is 19.5 Å². The van der Waals surface area contributed by atoms with Gasteiger partial charge in [-0.25, -0.2) is 4.79 Å². The fourth-order valence-corrected chi connectivity index (χ4v) is 3.49. The van der Waals surface area contributed by atoms with Crippen molar-refractivity contribution in [3.63, 3.8) is 0 Å². The Hall–Kier alpha value is -2.86. The van der Waals surface area contributed by atoms with Gasteiger partial charge in [-0.2, -0.15) is 0 Å². The number of aromatic carboxylic acids is 1. The second-order valence-corrected chi connectivity index (χ2v) is 6.55. The maximum atomic E-state index is 12.8. The Bertz CT molecular complexity index is 831. The number of carbonyl (C=O) groups is 2. The summed E-state index contributed by atoms with van der Waals surface area (Å²) in [5, 5.41) is 9.12. The van der Waals surface area contributed by atoms with E-state index in [9.17, 15) is 9.59 Å². The molecule has 142 valence electrons. The van der Waals surface area contributed by atoms with E-state index in [0.29, 0.717) is 17.9 Å². The number of carbonyl (C=O) groups excluding carboxylic acids is 1. The summed E-state index contributed by atoms with van der Waals surface area (Å²) in [5.74, 6) is -0.514. The number of nitrogens with zero attached hydrogens (tertiary/aromatic N) is 1. The third-order valence-corrected chi connectivity index (χ3v) is 4.89. The molecule has 1 aliphatic heterocycles. The second-order valence-electron chi connectivity index (χ2n) is 6.55. The quantitative estimate of drug-likeness (QED) is 0.845. The number of methoxy groups -OCH3 is 2. The van der Waals surface area contributed by atoms with Crippen LogP contribution in [0.3, 0.4) is 0 Å². The summed E-state index contributed by atoms with van der Waals surface area (Å²) >= 11 is 0. The Morgan fingerprint density at radius 3 is 2.44 bits per heavy atom. The van der Waals surface area contributed by atoms with Crippen molar-refractivity contribution in [3.8, 4) is 16.9 Å². The van der Waals surface area contributed by atoms with Crippen molar-refractivity contribution < 1.29 is 24.2 Å². The number of ether oxygens (including phenoxy) is 2. The maximum absolute atomic E-state index is 12.8. The van der Waals surface area contributed by atoms with E-state index < -0.39 is 5.97 Å². The molecule has 6 nitrogen and oxygen atoms in total. The first-order chi connectivity index (χ1) is 13.0. The van der Waals surface area contributed by atoms with Crippen LogP contribution >= 0.6 is 0 Å². The van der Waals surface area contributed by atoms with E-state index in [1.54, 1.807) is 31.4 Å². The third-order valence-electron chi connectivity index (χ3n) is 4.89. The van der Waals surface area contributed by atoms with Gasteiger partial charge in [0, 0.05) is 24.8 Å². The molecule has 0 aromatic heterocycles. The van der Waals surface area contributed by atoms with E-state index in [-0.39, 0.29) is 17.5 Å². The Morgan fingerprint density at radius 1 is 1.11 bits per heavy atom. The minimum absolute atomic E-state index is 0.00860. The zero-order valence-corrected chi connectivity index (χ0v) is 15.5. The molecule has 2 aromatic rings. The van der Waals surface area contributed by atoms with Crippen molar-refractivity contribution in [1.82, 2.24) is 4.90 Å². The minimum atomic E-state index is -1.00. The molecule has 1 aliphatic rings. The van der Waals surface area contributed by atoms with Crippen LogP contribution < -0.4 is 4.74 Å². The molecular formula is C21H23NO5. The zero-order chi connectivity index (χ0) is 19.4. The normalized spacial score (nSPS) is 16.4. The first-order valence-electron chi connectivity index (χ1n) is 8.87. The highest BCUT2D eigenvalue weighted by Gasteiger charge is 2.29. The van der Waals surface area contributed by atoms with Crippen molar-refractivity contribution in [1.29, 1.82) is 0 Å². The second kappa shape index (κ2) is 8.22. The number of carboxylic acids is 1. The fourth-order valence-electron chi connectivity index (χ4n) is 3.49. The van der Waals surface area contributed by atoms with Crippen molar-refractivity contribution in [2.24, 2.45) is 0 Å². The lowest BCUT2D eigenvalue weighted by molar-refractivity contribution is 0.0629. The highest BCUT2D eigenvalue weighted by atomic mass is 16.5. The summed E-state index contributed by atoms with van der Waals surface area (Å²) in [6.07, 6.45) is 1.95. The van der Waals surface area contributed by atoms with E-state index in [2.05, 4.69) is 0 Å². The molecule has 0 radical (unpaired) electrons. The Labute approximate surface area is 158 Å². The molecule has 1 heterocycles. The summed E-state index contributed by atoms with van der Waals surface area (Å²) in [6, 6.07) is 12.2. The van der Waals surface area contributed by atoms with Crippen molar-refractivity contribution >= 4 is 11.9 Å². The van der Waals surface area contributed by atoms with Gasteiger partial charge in [-0.05, 0) is 48.7 Å². The van der Waals surface area contributed by atoms with Gasteiger partial charge in [0.1, 0.15) is 5.75 Å². The number of hydrogen-bond acceptors (Lipinski definition) is 4. The summed E-state index contributed by atoms with van der Waals surface area (Å²) in [5.41, 5.74) is 2.43. The van der Waals surface area contributed by atoms with E-state index in [1.165, 1.54) is 13.2 Å². The molecule has 6 heteroatoms. The van der Waals surface area contributed by atoms with E-state index in [4.69, 9.17) is 14.6 Å². The number of amides is 1. The topological polar surface area (TPSA) is 76.1 Å². The third kappa shape index (κ3) is 3.95. The molecule has 0 saturated carbocycles. The van der Waals surface area contributed by atoms with Gasteiger partial charge in [0.15, 0.2) is 0 Å². The largest absolute Gasteiger partial charge is 0.496 e. The summed E-state index contributed by atoms with van der Waals surface area (Å²) in [6.45, 7) is 1.30. The van der Waals surface area contributed by atoms with Crippen LogP contribution in [0.15, 0.2) is 42.5 Å². The smallest absolute Gasteiger partial charge is 0.335 e. The van der Waals surface area contributed by atoms with Crippen molar-refractivity contribution in [2.45, 2.75) is 18.9 Å². The molecule has 1 saturated heterocycles. The van der Waals surface area contributed by atoms with Gasteiger partial charge in [-0.3, -0.25) is 4.79 Å². The highest BCUT2D eigenvalue weighted by Crippen LogP contribution is 2.31. The van der Waals surface area contributed by atoms with Crippen LogP contribution in [0.4, 0.5) is 0 Å². The summed E-state index contributed by atoms with van der Waals surface area (Å²) in [4.78, 5) is 25.8. The Morgan fingerprint density at radius 2 is 1.81 bits per heavy atom. The van der Waals surface area contributed by atoms with Crippen molar-refractivity contribution in [3.05, 3.63) is 53.6 Å². The monoisotopic (exact) mass is 369 g/mol. The standard InChI is InChI=1S/C21H23NO5/c1-26-13-17-4-3-11-22(17)20(23)15-7-5-14(6-8-15)18-10-9-16(21(24)25)12-19(18)27-2/h5-10,12,17H,3-4,11,13H2,1-2H3,(H,24,25)/t17-/m0/s1. The number of carboxylic acid groups (broad SMARTS) is 1. The molecule has 1 N–H and O–H groups in total. The molecule has 1 fully saturated rings. The first-order valence-corrected chi connectivity index (χ1v) is 8.87. The number of rotatable bonds is 6. The van der Waals surface area contributed by atoms with Crippen molar-refractivity contribution in [2.75, 3.05) is 27.4 Å². The van der Waals surface area contributed by atoms with Crippen LogP contribution in [-0.2, 0) is 4.74 Å². The van der Waals surface area contributed by atoms with Gasteiger partial charge in [0.2, 0.25) is 0 Å². The molecule has 0 spiro atoms. The average Bonchev–Trinajstić information content (AvgIpc) is 3.15. The van der Waals surface area contributed by atoms with Crippen LogP contribution in [0.25, 0.3) is 11.1 Å². The SMILES string of the molecule is COC[C@@H]1CCCN1C(=O)c1ccc(-c2ccc(C(=O)O)cc2OC)cc1. The molecular weight excluding hydrogens is 346 g/mol. The molecule has 0 unspecified atom stereocenters. The molecule has 0 bridgehead atoms. The van der Waals surface area contributed by atoms with E-state index in [0.717, 1.165) is 30.5 Å². The summed E-state index contributed by atoms with van der Waals surface area (Å²) < 4.78 is 10.6. The summed E-state index contributed by atoms with van der Waals surface area (Å²) in [7, 11) is 3.16. The lowest BCUT2D eigenvalue weighted by atomic mass is 10.0. The predicted molar refractivity (Wildman–Crippen MR) is 101 cm³/mol. The van der Waals surface area contributed by atoms with E-state index in [1.807, 2.05) is 17.0 Å². The molecule has 1 atom stereocenters. The number of hydrogen-bond donors (Lipinski definition) is 1. The van der Waals surface area contributed by atoms with Gasteiger partial charge in [0.25, 0.3) is 5.91 Å². The highest BCUT2D eigenvalue weighted by molar-refractivity contribution is 5.95. The molecule has 1 amide bonds. The van der Waals surface area contributed by atoms with Gasteiger partial charge in [-0.1, -0.05) is 12.1 Å². The van der Waals surface area contributed by atoms with E-state index >= 15 is 0 Å². The van der Waals surface area contributed by atoms with Gasteiger partial charge in [-0.15, -0.1) is 0 Å². The molecule has 3 rings (SSSR count). The van der Waals surface area contributed by atoms with Crippen LogP contribution in [0.1, 0.15) is 33.6 Å². The molecule has 27 heavy (non-hydrogen) atoms. The number of benzene rings is 2. The van der Waals surface area contributed by atoms with Crippen LogP contribution in [0, 0.1) is 0 Å². The molecule has 0 aliphatic carbocycles. The van der Waals surface area contributed by atoms with Crippen LogP contribution in [0.5, 0.6) is 5.75 Å². The fraction of sp³-hybridized carbons (Fsp3) is 0.333. The number of likely N-dealkylation sites (tertiary alicyclic amines) is 1. The lowest BCUT2D eigenvalue weighted by Gasteiger charge is -2.24. The molecule has 2 aromatic carbocycles. The first kappa shape index (κ1) is 18.9. The Balaban J connectivity index is 1.83. The minimum Gasteiger partial charge on any atom is -0.496 e. The maximum Gasteiger partial charge on any atom is 0.335 e. The lowest BCUT2D eigenvalue weighted by Crippen LogP contribution is -2.38. The Kier molecular flexibility index (Phi) is 5.76. The predicted octanol–water partition coefficient (Wildman–Crippen LogP) is 3.31. The van der Waals surface area contributed by atoms with Crippen LogP contribution in [-0.4, -0.2) is 55.3 Å². The zero-order valence-electron chi connectivity index (χ0n) is 15.5. The van der Waals surface area contributed by atoms with Crippen LogP contribution in [0.2, 0.25) is 0 Å².